The van der Waals surface area contributed by atoms with E-state index >= 15 is 0 Å². The third-order valence-corrected chi connectivity index (χ3v) is 4.33. The SMILES string of the molecule is CCC(C)(O)c1cn(C2CCc3ccccc3NC2=O)nn1. The van der Waals surface area contributed by atoms with Gasteiger partial charge in [0.25, 0.3) is 0 Å². The third kappa shape index (κ3) is 2.62. The Morgan fingerprint density at radius 2 is 2.23 bits per heavy atom. The minimum absolute atomic E-state index is 0.0995. The lowest BCUT2D eigenvalue weighted by Gasteiger charge is -2.17. The van der Waals surface area contributed by atoms with Gasteiger partial charge in [-0.25, -0.2) is 4.68 Å². The number of aryl methyl sites for hydroxylation is 1. The minimum Gasteiger partial charge on any atom is -0.384 e. The van der Waals surface area contributed by atoms with Gasteiger partial charge in [0.2, 0.25) is 5.91 Å². The number of para-hydroxylation sites is 1. The molecular formula is C16H20N4O2. The van der Waals surface area contributed by atoms with Crippen molar-refractivity contribution in [3.05, 3.63) is 41.7 Å². The van der Waals surface area contributed by atoms with Crippen molar-refractivity contribution in [1.29, 1.82) is 0 Å². The van der Waals surface area contributed by atoms with E-state index in [1.807, 2.05) is 31.2 Å². The van der Waals surface area contributed by atoms with E-state index in [1.165, 1.54) is 0 Å². The molecule has 1 aromatic carbocycles. The third-order valence-electron chi connectivity index (χ3n) is 4.33. The number of nitrogens with zero attached hydrogens (tertiary/aromatic N) is 3. The molecule has 0 saturated heterocycles. The summed E-state index contributed by atoms with van der Waals surface area (Å²) in [4.78, 5) is 12.4. The minimum atomic E-state index is -1.03. The first-order valence-corrected chi connectivity index (χ1v) is 7.54. The van der Waals surface area contributed by atoms with Gasteiger partial charge in [0.1, 0.15) is 17.3 Å². The number of aliphatic hydroxyl groups is 1. The van der Waals surface area contributed by atoms with Crippen LogP contribution >= 0.6 is 0 Å². The van der Waals surface area contributed by atoms with E-state index in [-0.39, 0.29) is 5.91 Å². The zero-order valence-electron chi connectivity index (χ0n) is 12.8. The number of anilines is 1. The van der Waals surface area contributed by atoms with Gasteiger partial charge in [0, 0.05) is 5.69 Å². The van der Waals surface area contributed by atoms with Crippen molar-refractivity contribution in [1.82, 2.24) is 15.0 Å². The summed E-state index contributed by atoms with van der Waals surface area (Å²) < 4.78 is 1.56. The van der Waals surface area contributed by atoms with Gasteiger partial charge in [-0.3, -0.25) is 4.79 Å². The summed E-state index contributed by atoms with van der Waals surface area (Å²) in [6, 6.07) is 7.39. The molecule has 2 aromatic rings. The first kappa shape index (κ1) is 14.7. The number of aromatic nitrogens is 3. The van der Waals surface area contributed by atoms with Crippen LogP contribution in [0.5, 0.6) is 0 Å². The molecule has 6 heteroatoms. The molecule has 0 fully saturated rings. The maximum Gasteiger partial charge on any atom is 0.249 e. The largest absolute Gasteiger partial charge is 0.384 e. The number of benzene rings is 1. The van der Waals surface area contributed by atoms with Crippen LogP contribution in [0.25, 0.3) is 0 Å². The number of rotatable bonds is 3. The number of nitrogens with one attached hydrogen (secondary N) is 1. The van der Waals surface area contributed by atoms with Crippen LogP contribution in [0.15, 0.2) is 30.5 Å². The Morgan fingerprint density at radius 1 is 1.45 bits per heavy atom. The van der Waals surface area contributed by atoms with E-state index in [0.29, 0.717) is 18.5 Å². The normalized spacial score (nSPS) is 20.7. The second-order valence-electron chi connectivity index (χ2n) is 5.91. The molecule has 1 aliphatic heterocycles. The van der Waals surface area contributed by atoms with Gasteiger partial charge >= 0.3 is 0 Å². The van der Waals surface area contributed by atoms with E-state index < -0.39 is 11.6 Å². The quantitative estimate of drug-likeness (QED) is 0.909. The second kappa shape index (κ2) is 5.53. The maximum atomic E-state index is 12.4. The molecule has 116 valence electrons. The highest BCUT2D eigenvalue weighted by Crippen LogP contribution is 2.28. The van der Waals surface area contributed by atoms with E-state index in [0.717, 1.165) is 17.7 Å². The first-order chi connectivity index (χ1) is 10.5. The van der Waals surface area contributed by atoms with Gasteiger partial charge in [0.15, 0.2) is 0 Å². The van der Waals surface area contributed by atoms with Crippen LogP contribution < -0.4 is 5.32 Å². The molecule has 22 heavy (non-hydrogen) atoms. The smallest absolute Gasteiger partial charge is 0.249 e. The molecule has 0 spiro atoms. The van der Waals surface area contributed by atoms with Gasteiger partial charge in [-0.2, -0.15) is 0 Å². The second-order valence-corrected chi connectivity index (χ2v) is 5.91. The van der Waals surface area contributed by atoms with E-state index in [9.17, 15) is 9.90 Å². The highest BCUT2D eigenvalue weighted by Gasteiger charge is 2.29. The summed E-state index contributed by atoms with van der Waals surface area (Å²) in [6.07, 6.45) is 3.65. The first-order valence-electron chi connectivity index (χ1n) is 7.54. The predicted molar refractivity (Wildman–Crippen MR) is 82.3 cm³/mol. The van der Waals surface area contributed by atoms with Crippen molar-refractivity contribution in [2.75, 3.05) is 5.32 Å². The number of amides is 1. The van der Waals surface area contributed by atoms with E-state index in [2.05, 4.69) is 15.6 Å². The summed E-state index contributed by atoms with van der Waals surface area (Å²) in [7, 11) is 0. The van der Waals surface area contributed by atoms with Crippen LogP contribution in [-0.4, -0.2) is 26.0 Å². The van der Waals surface area contributed by atoms with Crippen molar-refractivity contribution >= 4 is 11.6 Å². The van der Waals surface area contributed by atoms with E-state index in [4.69, 9.17) is 0 Å². The molecule has 2 unspecified atom stereocenters. The monoisotopic (exact) mass is 300 g/mol. The highest BCUT2D eigenvalue weighted by molar-refractivity contribution is 5.95. The Morgan fingerprint density at radius 3 is 3.00 bits per heavy atom. The Bertz CT molecular complexity index is 693. The molecule has 2 atom stereocenters. The van der Waals surface area contributed by atoms with Gasteiger partial charge in [-0.15, -0.1) is 5.10 Å². The lowest BCUT2D eigenvalue weighted by molar-refractivity contribution is -0.119. The van der Waals surface area contributed by atoms with Crippen molar-refractivity contribution < 1.29 is 9.90 Å². The van der Waals surface area contributed by atoms with Gasteiger partial charge in [0.05, 0.1) is 6.20 Å². The topological polar surface area (TPSA) is 80.0 Å². The number of carbonyl (C=O) groups excluding carboxylic acids is 1. The van der Waals surface area contributed by atoms with Crippen LogP contribution in [0.1, 0.15) is 44.0 Å². The fourth-order valence-electron chi connectivity index (χ4n) is 2.61. The van der Waals surface area contributed by atoms with Gasteiger partial charge < -0.3 is 10.4 Å². The fourth-order valence-corrected chi connectivity index (χ4v) is 2.61. The molecule has 1 aliphatic rings. The molecular weight excluding hydrogens is 280 g/mol. The average molecular weight is 300 g/mol. The summed E-state index contributed by atoms with van der Waals surface area (Å²) in [5.74, 6) is -0.0995. The number of fused-ring (bicyclic) bond motifs is 1. The molecule has 0 radical (unpaired) electrons. The standard InChI is InChI=1S/C16H20N4O2/c1-3-16(2,22)14-10-20(19-18-14)13-9-8-11-6-4-5-7-12(11)17-15(13)21/h4-7,10,13,22H,3,8-9H2,1-2H3,(H,17,21). The average Bonchev–Trinajstić information content (AvgIpc) is 2.93. The lowest BCUT2D eigenvalue weighted by atomic mass is 10.0. The molecule has 3 rings (SSSR count). The number of carbonyl (C=O) groups is 1. The summed E-state index contributed by atoms with van der Waals surface area (Å²) in [5, 5.41) is 21.3. The van der Waals surface area contributed by atoms with Crippen LogP contribution in [0.4, 0.5) is 5.69 Å². The lowest BCUT2D eigenvalue weighted by Crippen LogP contribution is -2.25. The van der Waals surface area contributed by atoms with Crippen LogP contribution in [0, 0.1) is 0 Å². The fraction of sp³-hybridized carbons (Fsp3) is 0.438. The van der Waals surface area contributed by atoms with Crippen LogP contribution in [0.3, 0.4) is 0 Å². The molecule has 2 heterocycles. The molecule has 0 saturated carbocycles. The number of hydrogen-bond donors (Lipinski definition) is 2. The van der Waals surface area contributed by atoms with Gasteiger partial charge in [-0.1, -0.05) is 30.3 Å². The van der Waals surface area contributed by atoms with E-state index in [1.54, 1.807) is 17.8 Å². The Kier molecular flexibility index (Phi) is 3.70. The zero-order valence-corrected chi connectivity index (χ0v) is 12.8. The molecule has 0 bridgehead atoms. The van der Waals surface area contributed by atoms with Crippen molar-refractivity contribution in [3.8, 4) is 0 Å². The number of hydrogen-bond acceptors (Lipinski definition) is 4. The molecule has 2 N–H and O–H groups in total. The van der Waals surface area contributed by atoms with Crippen LogP contribution in [0.2, 0.25) is 0 Å². The van der Waals surface area contributed by atoms with Crippen molar-refractivity contribution in [3.63, 3.8) is 0 Å². The van der Waals surface area contributed by atoms with Crippen LogP contribution in [-0.2, 0) is 16.8 Å². The Balaban J connectivity index is 1.86. The highest BCUT2D eigenvalue weighted by atomic mass is 16.3. The Labute approximate surface area is 129 Å². The zero-order chi connectivity index (χ0) is 15.7. The molecule has 0 aliphatic carbocycles. The molecule has 1 aromatic heterocycles. The molecule has 6 nitrogen and oxygen atoms in total. The van der Waals surface area contributed by atoms with Crippen molar-refractivity contribution in [2.24, 2.45) is 0 Å². The summed E-state index contributed by atoms with van der Waals surface area (Å²) >= 11 is 0. The summed E-state index contributed by atoms with van der Waals surface area (Å²) in [6.45, 7) is 3.58. The summed E-state index contributed by atoms with van der Waals surface area (Å²) in [5.41, 5.74) is 1.45. The predicted octanol–water partition coefficient (Wildman–Crippen LogP) is 2.02. The molecule has 1 amide bonds. The van der Waals surface area contributed by atoms with Gasteiger partial charge in [-0.05, 0) is 37.8 Å². The Hall–Kier alpha value is -2.21. The maximum absolute atomic E-state index is 12.4. The van der Waals surface area contributed by atoms with Crippen molar-refractivity contribution in [2.45, 2.75) is 44.8 Å².